The predicted octanol–water partition coefficient (Wildman–Crippen LogP) is 3.33. The van der Waals surface area contributed by atoms with Crippen LogP contribution in [0.4, 0.5) is 4.39 Å². The van der Waals surface area contributed by atoms with Crippen LogP contribution in [0.5, 0.6) is 11.5 Å². The average molecular weight is 295 g/mol. The first-order chi connectivity index (χ1) is 9.65. The quantitative estimate of drug-likeness (QED) is 0.923. The molecule has 1 unspecified atom stereocenters. The molecule has 0 amide bonds. The summed E-state index contributed by atoms with van der Waals surface area (Å²) in [4.78, 5) is 0. The molecule has 3 rings (SSSR count). The van der Waals surface area contributed by atoms with Gasteiger partial charge in [-0.2, -0.15) is 0 Å². The van der Waals surface area contributed by atoms with Crippen molar-refractivity contribution in [2.24, 2.45) is 0 Å². The first-order valence-electron chi connectivity index (χ1n) is 6.18. The molecular formula is C15H12ClFO3. The second kappa shape index (κ2) is 5.31. The van der Waals surface area contributed by atoms with Crippen molar-refractivity contribution in [2.45, 2.75) is 6.10 Å². The Bertz CT molecular complexity index is 645. The lowest BCUT2D eigenvalue weighted by Crippen LogP contribution is -2.16. The summed E-state index contributed by atoms with van der Waals surface area (Å²) in [6.45, 7) is 0.916. The minimum atomic E-state index is -1.02. The molecule has 0 radical (unpaired) electrons. The molecule has 2 aromatic rings. The average Bonchev–Trinajstić information content (AvgIpc) is 2.46. The van der Waals surface area contributed by atoms with Gasteiger partial charge < -0.3 is 14.6 Å². The Hall–Kier alpha value is -1.78. The monoisotopic (exact) mass is 294 g/mol. The Labute approximate surface area is 120 Å². The molecule has 1 aliphatic heterocycles. The highest BCUT2D eigenvalue weighted by molar-refractivity contribution is 6.31. The summed E-state index contributed by atoms with van der Waals surface area (Å²) < 4.78 is 24.1. The van der Waals surface area contributed by atoms with E-state index in [4.69, 9.17) is 21.1 Å². The minimum Gasteiger partial charge on any atom is -0.486 e. The van der Waals surface area contributed by atoms with E-state index < -0.39 is 11.9 Å². The Kier molecular flexibility index (Phi) is 3.51. The number of halogens is 2. The van der Waals surface area contributed by atoms with Crippen LogP contribution < -0.4 is 9.47 Å². The zero-order valence-corrected chi connectivity index (χ0v) is 11.2. The van der Waals surface area contributed by atoms with Crippen LogP contribution in [0.2, 0.25) is 5.02 Å². The molecule has 0 bridgehead atoms. The highest BCUT2D eigenvalue weighted by Gasteiger charge is 2.20. The van der Waals surface area contributed by atoms with Gasteiger partial charge in [0.05, 0.1) is 5.02 Å². The summed E-state index contributed by atoms with van der Waals surface area (Å²) in [6, 6.07) is 9.01. The Morgan fingerprint density at radius 3 is 2.50 bits per heavy atom. The highest BCUT2D eigenvalue weighted by Crippen LogP contribution is 2.39. The summed E-state index contributed by atoms with van der Waals surface area (Å²) >= 11 is 6.16. The van der Waals surface area contributed by atoms with Gasteiger partial charge in [-0.25, -0.2) is 4.39 Å². The van der Waals surface area contributed by atoms with Crippen LogP contribution in [0, 0.1) is 5.82 Å². The molecule has 5 heteroatoms. The number of aliphatic hydroxyl groups is 1. The maximum atomic E-state index is 13.2. The molecule has 0 spiro atoms. The van der Waals surface area contributed by atoms with E-state index in [2.05, 4.69) is 0 Å². The molecule has 1 aliphatic rings. The van der Waals surface area contributed by atoms with Crippen molar-refractivity contribution in [3.63, 3.8) is 0 Å². The first-order valence-corrected chi connectivity index (χ1v) is 6.55. The fourth-order valence-corrected chi connectivity index (χ4v) is 2.40. The van der Waals surface area contributed by atoms with Gasteiger partial charge in [-0.05, 0) is 23.8 Å². The maximum Gasteiger partial charge on any atom is 0.162 e. The highest BCUT2D eigenvalue weighted by atomic mass is 35.5. The SMILES string of the molecule is OC(c1cccc(F)c1)c1cc2c(cc1Cl)OCCO2. The van der Waals surface area contributed by atoms with Gasteiger partial charge in [0.1, 0.15) is 25.1 Å². The summed E-state index contributed by atoms with van der Waals surface area (Å²) in [5, 5.41) is 10.7. The molecule has 3 nitrogen and oxygen atoms in total. The van der Waals surface area contributed by atoms with E-state index >= 15 is 0 Å². The molecular weight excluding hydrogens is 283 g/mol. The van der Waals surface area contributed by atoms with Gasteiger partial charge in [-0.3, -0.25) is 0 Å². The van der Waals surface area contributed by atoms with Crippen molar-refractivity contribution >= 4 is 11.6 Å². The second-order valence-electron chi connectivity index (χ2n) is 4.47. The number of benzene rings is 2. The fourth-order valence-electron chi connectivity index (χ4n) is 2.15. The Morgan fingerprint density at radius 2 is 1.80 bits per heavy atom. The molecule has 0 saturated heterocycles. The lowest BCUT2D eigenvalue weighted by molar-refractivity contribution is 0.169. The third kappa shape index (κ3) is 2.44. The van der Waals surface area contributed by atoms with E-state index in [9.17, 15) is 9.50 Å². The summed E-state index contributed by atoms with van der Waals surface area (Å²) in [6.07, 6.45) is -1.02. The molecule has 1 N–H and O–H groups in total. The van der Waals surface area contributed by atoms with Gasteiger partial charge in [0.15, 0.2) is 11.5 Å². The van der Waals surface area contributed by atoms with E-state index in [1.165, 1.54) is 12.1 Å². The van der Waals surface area contributed by atoms with Gasteiger partial charge in [0.25, 0.3) is 0 Å². The lowest BCUT2D eigenvalue weighted by Gasteiger charge is -2.21. The molecule has 0 saturated carbocycles. The molecule has 1 atom stereocenters. The van der Waals surface area contributed by atoms with Crippen molar-refractivity contribution in [3.8, 4) is 11.5 Å². The first kappa shape index (κ1) is 13.2. The predicted molar refractivity (Wildman–Crippen MR) is 72.9 cm³/mol. The number of hydrogen-bond donors (Lipinski definition) is 1. The maximum absolute atomic E-state index is 13.2. The van der Waals surface area contributed by atoms with Crippen molar-refractivity contribution in [3.05, 3.63) is 58.4 Å². The van der Waals surface area contributed by atoms with Crippen LogP contribution in [0.15, 0.2) is 36.4 Å². The summed E-state index contributed by atoms with van der Waals surface area (Å²) in [7, 11) is 0. The van der Waals surface area contributed by atoms with E-state index in [-0.39, 0.29) is 0 Å². The van der Waals surface area contributed by atoms with Gasteiger partial charge in [-0.15, -0.1) is 0 Å². The lowest BCUT2D eigenvalue weighted by atomic mass is 10.0. The van der Waals surface area contributed by atoms with E-state index in [1.807, 2.05) is 0 Å². The van der Waals surface area contributed by atoms with Crippen LogP contribution in [0.25, 0.3) is 0 Å². The topological polar surface area (TPSA) is 38.7 Å². The zero-order chi connectivity index (χ0) is 14.1. The standard InChI is InChI=1S/C15H12ClFO3/c16-12-8-14-13(19-4-5-20-14)7-11(12)15(18)9-2-1-3-10(17)6-9/h1-3,6-8,15,18H,4-5H2. The number of fused-ring (bicyclic) bond motifs is 1. The normalized spacial score (nSPS) is 14.9. The number of aliphatic hydroxyl groups excluding tert-OH is 1. The number of ether oxygens (including phenoxy) is 2. The summed E-state index contributed by atoms with van der Waals surface area (Å²) in [5.41, 5.74) is 0.894. The molecule has 20 heavy (non-hydrogen) atoms. The second-order valence-corrected chi connectivity index (χ2v) is 4.88. The zero-order valence-electron chi connectivity index (χ0n) is 10.5. The van der Waals surface area contributed by atoms with Crippen LogP contribution in [0.1, 0.15) is 17.2 Å². The largest absolute Gasteiger partial charge is 0.486 e. The smallest absolute Gasteiger partial charge is 0.162 e. The number of rotatable bonds is 2. The third-order valence-corrected chi connectivity index (χ3v) is 3.45. The van der Waals surface area contributed by atoms with Crippen molar-refractivity contribution in [1.82, 2.24) is 0 Å². The van der Waals surface area contributed by atoms with Gasteiger partial charge in [0, 0.05) is 11.6 Å². The minimum absolute atomic E-state index is 0.353. The fraction of sp³-hybridized carbons (Fsp3) is 0.200. The molecule has 0 aromatic heterocycles. The molecule has 2 aromatic carbocycles. The number of hydrogen-bond acceptors (Lipinski definition) is 3. The Balaban J connectivity index is 2.01. The third-order valence-electron chi connectivity index (χ3n) is 3.12. The van der Waals surface area contributed by atoms with Gasteiger partial charge >= 0.3 is 0 Å². The van der Waals surface area contributed by atoms with Crippen molar-refractivity contribution in [1.29, 1.82) is 0 Å². The molecule has 1 heterocycles. The Morgan fingerprint density at radius 1 is 1.10 bits per heavy atom. The van der Waals surface area contributed by atoms with Crippen LogP contribution in [-0.4, -0.2) is 18.3 Å². The summed E-state index contributed by atoms with van der Waals surface area (Å²) in [5.74, 6) is 0.678. The molecule has 104 valence electrons. The van der Waals surface area contributed by atoms with Gasteiger partial charge in [-0.1, -0.05) is 23.7 Å². The van der Waals surface area contributed by atoms with Crippen molar-refractivity contribution < 1.29 is 19.0 Å². The van der Waals surface area contributed by atoms with E-state index in [0.717, 1.165) is 0 Å². The molecule has 0 fully saturated rings. The van der Waals surface area contributed by atoms with Crippen molar-refractivity contribution in [2.75, 3.05) is 13.2 Å². The van der Waals surface area contributed by atoms with Gasteiger partial charge in [0.2, 0.25) is 0 Å². The van der Waals surface area contributed by atoms with E-state index in [1.54, 1.807) is 24.3 Å². The van der Waals surface area contributed by atoms with Crippen LogP contribution in [-0.2, 0) is 0 Å². The van der Waals surface area contributed by atoms with Crippen LogP contribution in [0.3, 0.4) is 0 Å². The van der Waals surface area contributed by atoms with E-state index in [0.29, 0.717) is 40.9 Å². The van der Waals surface area contributed by atoms with Crippen LogP contribution >= 0.6 is 11.6 Å². The molecule has 0 aliphatic carbocycles.